The summed E-state index contributed by atoms with van der Waals surface area (Å²) in [6.45, 7) is -0.0603. The van der Waals surface area contributed by atoms with Gasteiger partial charge in [0.25, 0.3) is 0 Å². The molecule has 1 rings (SSSR count). The highest BCUT2D eigenvalue weighted by Gasteiger charge is 2.09. The molecule has 9 heavy (non-hydrogen) atoms. The molecule has 0 saturated heterocycles. The van der Waals surface area contributed by atoms with Crippen LogP contribution < -0.4 is 5.73 Å². The van der Waals surface area contributed by atoms with Gasteiger partial charge in [-0.25, -0.2) is 9.37 Å². The highest BCUT2D eigenvalue weighted by atomic mass is 19.1. The number of nitrogens with two attached hydrogens (primary N) is 1. The van der Waals surface area contributed by atoms with Crippen LogP contribution in [0.1, 0.15) is 11.9 Å². The van der Waals surface area contributed by atoms with E-state index in [0.29, 0.717) is 0 Å². The fourth-order valence-corrected chi connectivity index (χ4v) is 0.496. The topological polar surface area (TPSA) is 52.0 Å². The summed E-state index contributed by atoms with van der Waals surface area (Å²) in [5.41, 5.74) is 5.00. The minimum absolute atomic E-state index is 0.0603. The SMILES string of the molecule is NCC(F)c1cnco1. The maximum absolute atomic E-state index is 12.4. The zero-order valence-corrected chi connectivity index (χ0v) is 4.75. The Morgan fingerprint density at radius 3 is 3.11 bits per heavy atom. The van der Waals surface area contributed by atoms with Crippen LogP contribution in [0.4, 0.5) is 4.39 Å². The Hall–Kier alpha value is -0.900. The molecule has 0 bridgehead atoms. The van der Waals surface area contributed by atoms with E-state index in [1.165, 1.54) is 12.6 Å². The van der Waals surface area contributed by atoms with Gasteiger partial charge >= 0.3 is 0 Å². The zero-order chi connectivity index (χ0) is 6.69. The first-order valence-electron chi connectivity index (χ1n) is 2.57. The second-order valence-electron chi connectivity index (χ2n) is 1.61. The van der Waals surface area contributed by atoms with Crippen LogP contribution in [0.2, 0.25) is 0 Å². The molecule has 0 aliphatic rings. The van der Waals surface area contributed by atoms with Gasteiger partial charge in [-0.3, -0.25) is 0 Å². The van der Waals surface area contributed by atoms with E-state index in [-0.39, 0.29) is 12.3 Å². The molecule has 0 spiro atoms. The van der Waals surface area contributed by atoms with E-state index in [1.807, 2.05) is 0 Å². The molecule has 1 aromatic heterocycles. The van der Waals surface area contributed by atoms with Crippen LogP contribution in [-0.4, -0.2) is 11.5 Å². The van der Waals surface area contributed by atoms with E-state index >= 15 is 0 Å². The number of hydrogen-bond donors (Lipinski definition) is 1. The Morgan fingerprint density at radius 1 is 1.89 bits per heavy atom. The second-order valence-corrected chi connectivity index (χ2v) is 1.61. The van der Waals surface area contributed by atoms with Crippen molar-refractivity contribution in [1.29, 1.82) is 0 Å². The maximum Gasteiger partial charge on any atom is 0.181 e. The van der Waals surface area contributed by atoms with E-state index in [1.54, 1.807) is 0 Å². The number of halogens is 1. The lowest BCUT2D eigenvalue weighted by Crippen LogP contribution is -2.06. The molecule has 0 aliphatic heterocycles. The second kappa shape index (κ2) is 2.59. The van der Waals surface area contributed by atoms with Gasteiger partial charge in [-0.15, -0.1) is 0 Å². The third kappa shape index (κ3) is 1.26. The Morgan fingerprint density at radius 2 is 2.67 bits per heavy atom. The van der Waals surface area contributed by atoms with Crippen molar-refractivity contribution < 1.29 is 8.81 Å². The molecule has 0 aliphatic carbocycles. The molecule has 0 radical (unpaired) electrons. The van der Waals surface area contributed by atoms with E-state index in [9.17, 15) is 4.39 Å². The average Bonchev–Trinajstić information content (AvgIpc) is 2.37. The summed E-state index contributed by atoms with van der Waals surface area (Å²) < 4.78 is 17.1. The fourth-order valence-electron chi connectivity index (χ4n) is 0.496. The summed E-state index contributed by atoms with van der Waals surface area (Å²) >= 11 is 0. The van der Waals surface area contributed by atoms with Crippen molar-refractivity contribution in [3.8, 4) is 0 Å². The van der Waals surface area contributed by atoms with Crippen molar-refractivity contribution in [2.45, 2.75) is 6.17 Å². The van der Waals surface area contributed by atoms with Gasteiger partial charge in [0.1, 0.15) is 0 Å². The van der Waals surface area contributed by atoms with Crippen molar-refractivity contribution in [3.63, 3.8) is 0 Å². The molecule has 4 heteroatoms. The number of aromatic nitrogens is 1. The Labute approximate surface area is 51.7 Å². The minimum atomic E-state index is -1.22. The maximum atomic E-state index is 12.4. The van der Waals surface area contributed by atoms with Crippen molar-refractivity contribution in [2.24, 2.45) is 5.73 Å². The van der Waals surface area contributed by atoms with Gasteiger partial charge in [0.05, 0.1) is 6.20 Å². The van der Waals surface area contributed by atoms with E-state index in [0.717, 1.165) is 0 Å². The van der Waals surface area contributed by atoms with E-state index in [4.69, 9.17) is 5.73 Å². The fraction of sp³-hybridized carbons (Fsp3) is 0.400. The van der Waals surface area contributed by atoms with Crippen LogP contribution in [0, 0.1) is 0 Å². The van der Waals surface area contributed by atoms with Gasteiger partial charge < -0.3 is 10.2 Å². The lowest BCUT2D eigenvalue weighted by atomic mass is 10.3. The third-order valence-corrected chi connectivity index (χ3v) is 0.967. The lowest BCUT2D eigenvalue weighted by Gasteiger charge is -1.96. The molecule has 1 aromatic rings. The highest BCUT2D eigenvalue weighted by Crippen LogP contribution is 2.13. The van der Waals surface area contributed by atoms with Gasteiger partial charge in [-0.05, 0) is 0 Å². The van der Waals surface area contributed by atoms with Gasteiger partial charge in [0.15, 0.2) is 18.3 Å². The van der Waals surface area contributed by atoms with Crippen LogP contribution in [0.25, 0.3) is 0 Å². The predicted molar refractivity (Wildman–Crippen MR) is 29.4 cm³/mol. The minimum Gasteiger partial charge on any atom is -0.445 e. The first kappa shape index (κ1) is 6.22. The lowest BCUT2D eigenvalue weighted by molar-refractivity contribution is 0.294. The van der Waals surface area contributed by atoms with Gasteiger partial charge in [0, 0.05) is 6.54 Å². The number of rotatable bonds is 2. The summed E-state index contributed by atoms with van der Waals surface area (Å²) in [4.78, 5) is 3.53. The molecule has 2 N–H and O–H groups in total. The largest absolute Gasteiger partial charge is 0.445 e. The van der Waals surface area contributed by atoms with Gasteiger partial charge in [-0.1, -0.05) is 0 Å². The third-order valence-electron chi connectivity index (χ3n) is 0.967. The molecule has 0 aromatic carbocycles. The molecular weight excluding hydrogens is 123 g/mol. The summed E-state index contributed by atoms with van der Waals surface area (Å²) in [6, 6.07) is 0. The van der Waals surface area contributed by atoms with Crippen molar-refractivity contribution in [2.75, 3.05) is 6.54 Å². The Bertz CT molecular complexity index is 163. The first-order valence-corrected chi connectivity index (χ1v) is 2.57. The monoisotopic (exact) mass is 130 g/mol. The van der Waals surface area contributed by atoms with Crippen molar-refractivity contribution in [1.82, 2.24) is 4.98 Å². The molecule has 50 valence electrons. The number of hydrogen-bond acceptors (Lipinski definition) is 3. The standard InChI is InChI=1S/C5H7FN2O/c6-4(1-7)5-2-8-3-9-5/h2-4H,1,7H2. The highest BCUT2D eigenvalue weighted by molar-refractivity contribution is 4.93. The van der Waals surface area contributed by atoms with Gasteiger partial charge in [-0.2, -0.15) is 0 Å². The molecule has 0 saturated carbocycles. The van der Waals surface area contributed by atoms with Crippen LogP contribution in [-0.2, 0) is 0 Å². The van der Waals surface area contributed by atoms with Crippen molar-refractivity contribution in [3.05, 3.63) is 18.4 Å². The molecule has 1 heterocycles. The molecule has 1 unspecified atom stereocenters. The van der Waals surface area contributed by atoms with Crippen LogP contribution >= 0.6 is 0 Å². The Kier molecular flexibility index (Phi) is 1.79. The molecule has 3 nitrogen and oxygen atoms in total. The van der Waals surface area contributed by atoms with Gasteiger partial charge in [0.2, 0.25) is 0 Å². The van der Waals surface area contributed by atoms with Crippen LogP contribution in [0.5, 0.6) is 0 Å². The number of oxazole rings is 1. The first-order chi connectivity index (χ1) is 4.34. The number of nitrogens with zero attached hydrogens (tertiary/aromatic N) is 1. The van der Waals surface area contributed by atoms with Crippen LogP contribution in [0.3, 0.4) is 0 Å². The summed E-state index contributed by atoms with van der Waals surface area (Å²) in [5.74, 6) is 0.192. The average molecular weight is 130 g/mol. The normalized spacial score (nSPS) is 13.6. The summed E-state index contributed by atoms with van der Waals surface area (Å²) in [5, 5.41) is 0. The smallest absolute Gasteiger partial charge is 0.181 e. The zero-order valence-electron chi connectivity index (χ0n) is 4.75. The molecule has 0 amide bonds. The quantitative estimate of drug-likeness (QED) is 0.639. The van der Waals surface area contributed by atoms with Crippen molar-refractivity contribution >= 4 is 0 Å². The summed E-state index contributed by atoms with van der Waals surface area (Å²) in [7, 11) is 0. The summed E-state index contributed by atoms with van der Waals surface area (Å²) in [6.07, 6.45) is 1.28. The predicted octanol–water partition coefficient (Wildman–Crippen LogP) is 0.644. The molecule has 0 fully saturated rings. The number of alkyl halides is 1. The Balaban J connectivity index is 2.65. The van der Waals surface area contributed by atoms with E-state index < -0.39 is 6.17 Å². The van der Waals surface area contributed by atoms with E-state index in [2.05, 4.69) is 9.40 Å². The molecule has 1 atom stereocenters. The molecular formula is C5H7FN2O. The van der Waals surface area contributed by atoms with Crippen LogP contribution in [0.15, 0.2) is 17.0 Å².